The van der Waals surface area contributed by atoms with E-state index >= 15 is 0 Å². The Bertz CT molecular complexity index is 367. The van der Waals surface area contributed by atoms with E-state index in [0.29, 0.717) is 12.4 Å². The van der Waals surface area contributed by atoms with E-state index in [2.05, 4.69) is 37.0 Å². The van der Waals surface area contributed by atoms with Crippen molar-refractivity contribution in [3.05, 3.63) is 26.6 Å². The lowest BCUT2D eigenvalue weighted by atomic mass is 10.2. The van der Waals surface area contributed by atoms with E-state index in [1.807, 2.05) is 19.1 Å². The molecule has 82 valence electrons. The Morgan fingerprint density at radius 1 is 1.47 bits per heavy atom. The molecule has 0 amide bonds. The fraction of sp³-hybridized carbons (Fsp3) is 0.300. The van der Waals surface area contributed by atoms with Crippen molar-refractivity contribution in [3.8, 4) is 5.75 Å². The molecule has 0 saturated heterocycles. The maximum absolute atomic E-state index is 8.53. The zero-order valence-electron chi connectivity index (χ0n) is 8.20. The van der Waals surface area contributed by atoms with Crippen LogP contribution < -0.4 is 4.74 Å². The van der Waals surface area contributed by atoms with E-state index in [1.165, 1.54) is 6.21 Å². The molecule has 0 aromatic heterocycles. The van der Waals surface area contributed by atoms with Crippen molar-refractivity contribution in [2.75, 3.05) is 6.61 Å². The third kappa shape index (κ3) is 3.50. The van der Waals surface area contributed by atoms with Gasteiger partial charge in [0.15, 0.2) is 0 Å². The summed E-state index contributed by atoms with van der Waals surface area (Å²) in [6.45, 7) is 2.67. The average Bonchev–Trinajstić information content (AvgIpc) is 2.17. The molecule has 0 radical (unpaired) electrons. The zero-order chi connectivity index (χ0) is 11.3. The molecule has 0 aliphatic heterocycles. The summed E-state index contributed by atoms with van der Waals surface area (Å²) in [6, 6.07) is 3.72. The van der Waals surface area contributed by atoms with Crippen molar-refractivity contribution >= 4 is 38.1 Å². The largest absolute Gasteiger partial charge is 0.492 e. The molecule has 1 aromatic rings. The van der Waals surface area contributed by atoms with E-state index in [1.54, 1.807) is 0 Å². The van der Waals surface area contributed by atoms with Gasteiger partial charge in [0.05, 0.1) is 17.3 Å². The van der Waals surface area contributed by atoms with E-state index in [9.17, 15) is 0 Å². The van der Waals surface area contributed by atoms with Gasteiger partial charge in [0.2, 0.25) is 0 Å². The highest BCUT2D eigenvalue weighted by Gasteiger charge is 2.08. The molecule has 1 rings (SSSR count). The maximum atomic E-state index is 8.53. The molecule has 0 aliphatic carbocycles. The topological polar surface area (TPSA) is 41.8 Å². The lowest BCUT2D eigenvalue weighted by molar-refractivity contribution is 0.312. The van der Waals surface area contributed by atoms with Gasteiger partial charge in [-0.05, 0) is 34.5 Å². The summed E-state index contributed by atoms with van der Waals surface area (Å²) < 4.78 is 7.28. The number of oxime groups is 1. The second-order valence-electron chi connectivity index (χ2n) is 2.90. The number of halogens is 2. The molecule has 0 saturated carbocycles. The summed E-state index contributed by atoms with van der Waals surface area (Å²) in [5, 5.41) is 11.5. The predicted molar refractivity (Wildman–Crippen MR) is 67.0 cm³/mol. The zero-order valence-corrected chi connectivity index (χ0v) is 11.4. The van der Waals surface area contributed by atoms with Gasteiger partial charge in [-0.1, -0.05) is 28.0 Å². The Balaban J connectivity index is 3.08. The van der Waals surface area contributed by atoms with Crippen LogP contribution in [0.3, 0.4) is 0 Å². The predicted octanol–water partition coefficient (Wildman–Crippen LogP) is 3.81. The second-order valence-corrected chi connectivity index (χ2v) is 4.67. The van der Waals surface area contributed by atoms with Gasteiger partial charge in [-0.25, -0.2) is 0 Å². The third-order valence-corrected chi connectivity index (χ3v) is 2.73. The summed E-state index contributed by atoms with van der Waals surface area (Å²) in [4.78, 5) is 0. The number of ether oxygens (including phenoxy) is 1. The van der Waals surface area contributed by atoms with Crippen LogP contribution in [-0.4, -0.2) is 18.0 Å². The van der Waals surface area contributed by atoms with Gasteiger partial charge in [-0.3, -0.25) is 0 Å². The van der Waals surface area contributed by atoms with Crippen molar-refractivity contribution in [2.45, 2.75) is 13.3 Å². The number of hydrogen-bond donors (Lipinski definition) is 1. The molecule has 0 unspecified atom stereocenters. The molecule has 0 bridgehead atoms. The summed E-state index contributed by atoms with van der Waals surface area (Å²) in [5.41, 5.74) is 0.729. The highest BCUT2D eigenvalue weighted by molar-refractivity contribution is 9.11. The first kappa shape index (κ1) is 12.5. The number of benzene rings is 1. The van der Waals surface area contributed by atoms with E-state index in [-0.39, 0.29) is 0 Å². The van der Waals surface area contributed by atoms with Gasteiger partial charge in [0.1, 0.15) is 5.75 Å². The Morgan fingerprint density at radius 2 is 2.20 bits per heavy atom. The van der Waals surface area contributed by atoms with E-state index in [0.717, 1.165) is 20.9 Å². The van der Waals surface area contributed by atoms with Crippen LogP contribution in [0.15, 0.2) is 26.2 Å². The normalized spacial score (nSPS) is 10.9. The first-order chi connectivity index (χ1) is 7.19. The van der Waals surface area contributed by atoms with Crippen molar-refractivity contribution < 1.29 is 9.94 Å². The third-order valence-electron chi connectivity index (χ3n) is 1.68. The fourth-order valence-corrected chi connectivity index (χ4v) is 2.47. The summed E-state index contributed by atoms with van der Waals surface area (Å²) in [5.74, 6) is 0.692. The van der Waals surface area contributed by atoms with Crippen LogP contribution in [0.1, 0.15) is 18.9 Å². The molecule has 0 atom stereocenters. The smallest absolute Gasteiger partial charge is 0.142 e. The Hall–Kier alpha value is -0.550. The van der Waals surface area contributed by atoms with Crippen LogP contribution in [0.5, 0.6) is 5.75 Å². The quantitative estimate of drug-likeness (QED) is 0.516. The minimum absolute atomic E-state index is 0.631. The van der Waals surface area contributed by atoms with Crippen molar-refractivity contribution in [1.82, 2.24) is 0 Å². The molecule has 0 fully saturated rings. The molecular weight excluding hydrogens is 326 g/mol. The van der Waals surface area contributed by atoms with Gasteiger partial charge in [0.25, 0.3) is 0 Å². The van der Waals surface area contributed by atoms with Crippen molar-refractivity contribution in [2.24, 2.45) is 5.16 Å². The number of rotatable bonds is 4. The fourth-order valence-electron chi connectivity index (χ4n) is 1.09. The maximum Gasteiger partial charge on any atom is 0.142 e. The standard InChI is InChI=1S/C10H11Br2NO2/c1-2-3-15-10-7(6-13-14)4-8(11)5-9(10)12/h4-6,14H,2-3H2,1H3/b13-6-. The molecule has 0 heterocycles. The van der Waals surface area contributed by atoms with Gasteiger partial charge < -0.3 is 9.94 Å². The van der Waals surface area contributed by atoms with Crippen molar-refractivity contribution in [3.63, 3.8) is 0 Å². The molecule has 3 nitrogen and oxygen atoms in total. The van der Waals surface area contributed by atoms with Crippen LogP contribution in [0.4, 0.5) is 0 Å². The number of hydrogen-bond acceptors (Lipinski definition) is 3. The van der Waals surface area contributed by atoms with Gasteiger partial charge >= 0.3 is 0 Å². The van der Waals surface area contributed by atoms with Crippen LogP contribution in [-0.2, 0) is 0 Å². The Labute approximate surface area is 105 Å². The lowest BCUT2D eigenvalue weighted by Crippen LogP contribution is -1.99. The SMILES string of the molecule is CCCOc1c(Br)cc(Br)cc1/C=N\O. The minimum atomic E-state index is 0.631. The highest BCUT2D eigenvalue weighted by atomic mass is 79.9. The lowest BCUT2D eigenvalue weighted by Gasteiger charge is -2.10. The molecule has 0 spiro atoms. The van der Waals surface area contributed by atoms with Gasteiger partial charge in [0, 0.05) is 10.0 Å². The molecule has 1 N–H and O–H groups in total. The second kappa shape index (κ2) is 6.12. The van der Waals surface area contributed by atoms with Crippen molar-refractivity contribution in [1.29, 1.82) is 0 Å². The van der Waals surface area contributed by atoms with Crippen LogP contribution in [0, 0.1) is 0 Å². The van der Waals surface area contributed by atoms with Crippen LogP contribution >= 0.6 is 31.9 Å². The summed E-state index contributed by atoms with van der Waals surface area (Å²) >= 11 is 6.76. The molecular formula is C10H11Br2NO2. The summed E-state index contributed by atoms with van der Waals surface area (Å²) in [7, 11) is 0. The Morgan fingerprint density at radius 3 is 2.80 bits per heavy atom. The van der Waals surface area contributed by atoms with E-state index in [4.69, 9.17) is 9.94 Å². The summed E-state index contributed by atoms with van der Waals surface area (Å²) in [6.07, 6.45) is 2.28. The average molecular weight is 337 g/mol. The molecule has 1 aromatic carbocycles. The Kier molecular flexibility index (Phi) is 5.11. The van der Waals surface area contributed by atoms with Gasteiger partial charge in [-0.2, -0.15) is 0 Å². The van der Waals surface area contributed by atoms with E-state index < -0.39 is 0 Å². The minimum Gasteiger partial charge on any atom is -0.492 e. The molecule has 5 heteroatoms. The highest BCUT2D eigenvalue weighted by Crippen LogP contribution is 2.32. The van der Waals surface area contributed by atoms with Gasteiger partial charge in [-0.15, -0.1) is 0 Å². The molecule has 15 heavy (non-hydrogen) atoms. The monoisotopic (exact) mass is 335 g/mol. The first-order valence-electron chi connectivity index (χ1n) is 4.48. The van der Waals surface area contributed by atoms with Crippen LogP contribution in [0.25, 0.3) is 0 Å². The molecule has 0 aliphatic rings. The number of nitrogens with zero attached hydrogens (tertiary/aromatic N) is 1. The first-order valence-corrected chi connectivity index (χ1v) is 6.07. The van der Waals surface area contributed by atoms with Crippen LogP contribution in [0.2, 0.25) is 0 Å².